The molecular formula is C13H20O3. The van der Waals surface area contributed by atoms with Crippen molar-refractivity contribution >= 4 is 5.97 Å². The van der Waals surface area contributed by atoms with Crippen molar-refractivity contribution in [3.63, 3.8) is 0 Å². The summed E-state index contributed by atoms with van der Waals surface area (Å²) in [5, 5.41) is 10.3. The van der Waals surface area contributed by atoms with Gasteiger partial charge in [-0.05, 0) is 26.2 Å². The quantitative estimate of drug-likeness (QED) is 0.557. The number of ether oxygens (including phenoxy) is 1. The summed E-state index contributed by atoms with van der Waals surface area (Å²) in [7, 11) is 0. The third-order valence-electron chi connectivity index (χ3n) is 2.96. The van der Waals surface area contributed by atoms with E-state index in [1.165, 1.54) is 0 Å². The Morgan fingerprint density at radius 1 is 1.56 bits per heavy atom. The average molecular weight is 224 g/mol. The lowest BCUT2D eigenvalue weighted by molar-refractivity contribution is -0.184. The molecule has 0 saturated heterocycles. The van der Waals surface area contributed by atoms with E-state index in [2.05, 4.69) is 6.58 Å². The maximum Gasteiger partial charge on any atom is 0.336 e. The Balaban J connectivity index is 2.84. The monoisotopic (exact) mass is 224 g/mol. The van der Waals surface area contributed by atoms with Crippen LogP contribution in [0.25, 0.3) is 0 Å². The molecule has 1 atom stereocenters. The largest absolute Gasteiger partial charge is 0.426 e. The Morgan fingerprint density at radius 2 is 2.25 bits per heavy atom. The standard InChI is InChI=1S/C13H20O3/c1-4-6-8-11-10(3)12(14)16-13(11,15)9-7-5-2/h4,15H,1,5-9H2,2-3H3/t13-/m0/s1. The van der Waals surface area contributed by atoms with Gasteiger partial charge in [0.15, 0.2) is 0 Å². The van der Waals surface area contributed by atoms with Crippen LogP contribution in [0.15, 0.2) is 23.8 Å². The van der Waals surface area contributed by atoms with Gasteiger partial charge in [0, 0.05) is 17.6 Å². The van der Waals surface area contributed by atoms with Crippen LogP contribution in [0.3, 0.4) is 0 Å². The van der Waals surface area contributed by atoms with Gasteiger partial charge in [-0.1, -0.05) is 19.4 Å². The van der Waals surface area contributed by atoms with Crippen molar-refractivity contribution in [3.8, 4) is 0 Å². The predicted molar refractivity (Wildman–Crippen MR) is 62.7 cm³/mol. The average Bonchev–Trinajstić information content (AvgIpc) is 2.46. The highest BCUT2D eigenvalue weighted by Crippen LogP contribution is 2.37. The number of aliphatic hydroxyl groups is 1. The van der Waals surface area contributed by atoms with Crippen molar-refractivity contribution in [2.75, 3.05) is 0 Å². The van der Waals surface area contributed by atoms with Gasteiger partial charge in [0.25, 0.3) is 0 Å². The lowest BCUT2D eigenvalue weighted by Crippen LogP contribution is -2.31. The van der Waals surface area contributed by atoms with E-state index in [0.717, 1.165) is 24.8 Å². The summed E-state index contributed by atoms with van der Waals surface area (Å²) in [5.41, 5.74) is 1.28. The molecule has 0 fully saturated rings. The molecule has 3 heteroatoms. The zero-order valence-electron chi connectivity index (χ0n) is 10.1. The molecule has 90 valence electrons. The normalized spacial score (nSPS) is 24.8. The number of rotatable bonds is 6. The molecule has 16 heavy (non-hydrogen) atoms. The molecule has 0 spiro atoms. The summed E-state index contributed by atoms with van der Waals surface area (Å²) in [6.45, 7) is 7.40. The van der Waals surface area contributed by atoms with Crippen LogP contribution in [0.1, 0.15) is 46.0 Å². The molecule has 1 aliphatic rings. The first kappa shape index (κ1) is 13.0. The van der Waals surface area contributed by atoms with Crippen LogP contribution in [0, 0.1) is 0 Å². The molecule has 0 aliphatic carbocycles. The number of esters is 1. The van der Waals surface area contributed by atoms with Gasteiger partial charge < -0.3 is 9.84 Å². The van der Waals surface area contributed by atoms with Crippen molar-refractivity contribution in [1.29, 1.82) is 0 Å². The van der Waals surface area contributed by atoms with E-state index < -0.39 is 11.8 Å². The molecule has 1 N–H and O–H groups in total. The maximum absolute atomic E-state index is 11.5. The Morgan fingerprint density at radius 3 is 2.81 bits per heavy atom. The fourth-order valence-electron chi connectivity index (χ4n) is 1.96. The zero-order valence-corrected chi connectivity index (χ0v) is 10.1. The van der Waals surface area contributed by atoms with Crippen molar-refractivity contribution in [2.24, 2.45) is 0 Å². The minimum atomic E-state index is -1.36. The predicted octanol–water partition coefficient (Wildman–Crippen LogP) is 2.70. The smallest absolute Gasteiger partial charge is 0.336 e. The Labute approximate surface area is 96.8 Å². The third kappa shape index (κ3) is 2.53. The van der Waals surface area contributed by atoms with Crippen LogP contribution in [0.2, 0.25) is 0 Å². The molecule has 0 unspecified atom stereocenters. The van der Waals surface area contributed by atoms with E-state index in [1.807, 2.05) is 6.92 Å². The molecule has 0 bridgehead atoms. The zero-order chi connectivity index (χ0) is 12.2. The van der Waals surface area contributed by atoms with Gasteiger partial charge in [0.05, 0.1) is 0 Å². The summed E-state index contributed by atoms with van der Waals surface area (Å²) in [6.07, 6.45) is 5.46. The number of hydrogen-bond acceptors (Lipinski definition) is 3. The molecule has 1 aliphatic heterocycles. The van der Waals surface area contributed by atoms with Gasteiger partial charge in [0.1, 0.15) is 0 Å². The maximum atomic E-state index is 11.5. The molecule has 0 amide bonds. The SMILES string of the molecule is C=CCCC1=C(C)C(=O)O[C@@]1(O)CCCC. The number of allylic oxidation sites excluding steroid dienone is 1. The number of unbranched alkanes of at least 4 members (excludes halogenated alkanes) is 1. The van der Waals surface area contributed by atoms with Gasteiger partial charge >= 0.3 is 5.97 Å². The molecule has 0 radical (unpaired) electrons. The molecule has 0 saturated carbocycles. The van der Waals surface area contributed by atoms with E-state index in [0.29, 0.717) is 18.4 Å². The molecule has 0 aromatic rings. The van der Waals surface area contributed by atoms with Crippen LogP contribution in [0.4, 0.5) is 0 Å². The van der Waals surface area contributed by atoms with Gasteiger partial charge in [-0.3, -0.25) is 0 Å². The minimum Gasteiger partial charge on any atom is -0.426 e. The first-order valence-electron chi connectivity index (χ1n) is 5.82. The van der Waals surface area contributed by atoms with Crippen molar-refractivity contribution in [2.45, 2.75) is 51.7 Å². The van der Waals surface area contributed by atoms with Gasteiger partial charge in [-0.25, -0.2) is 4.79 Å². The Bertz CT molecular complexity index is 317. The summed E-state index contributed by atoms with van der Waals surface area (Å²) in [5.74, 6) is -1.75. The van der Waals surface area contributed by atoms with Gasteiger partial charge in [0.2, 0.25) is 5.79 Å². The van der Waals surface area contributed by atoms with E-state index >= 15 is 0 Å². The van der Waals surface area contributed by atoms with Crippen LogP contribution in [0.5, 0.6) is 0 Å². The number of hydrogen-bond donors (Lipinski definition) is 1. The second-order valence-corrected chi connectivity index (χ2v) is 4.21. The topological polar surface area (TPSA) is 46.5 Å². The van der Waals surface area contributed by atoms with Crippen LogP contribution in [-0.2, 0) is 9.53 Å². The van der Waals surface area contributed by atoms with E-state index in [-0.39, 0.29) is 0 Å². The molecule has 0 aromatic heterocycles. The Hall–Kier alpha value is -1.09. The molecular weight excluding hydrogens is 204 g/mol. The molecule has 1 rings (SSSR count). The van der Waals surface area contributed by atoms with Crippen LogP contribution >= 0.6 is 0 Å². The van der Waals surface area contributed by atoms with Crippen molar-refractivity contribution < 1.29 is 14.6 Å². The second kappa shape index (κ2) is 5.30. The highest BCUT2D eigenvalue weighted by Gasteiger charge is 2.43. The summed E-state index contributed by atoms with van der Waals surface area (Å²) >= 11 is 0. The second-order valence-electron chi connectivity index (χ2n) is 4.21. The highest BCUT2D eigenvalue weighted by molar-refractivity contribution is 5.92. The van der Waals surface area contributed by atoms with Gasteiger partial charge in [-0.2, -0.15) is 0 Å². The number of carbonyl (C=O) groups excluding carboxylic acids is 1. The third-order valence-corrected chi connectivity index (χ3v) is 2.96. The van der Waals surface area contributed by atoms with Crippen LogP contribution in [-0.4, -0.2) is 16.9 Å². The van der Waals surface area contributed by atoms with E-state index in [9.17, 15) is 9.90 Å². The van der Waals surface area contributed by atoms with Gasteiger partial charge in [-0.15, -0.1) is 6.58 Å². The molecule has 0 aromatic carbocycles. The first-order valence-corrected chi connectivity index (χ1v) is 5.82. The van der Waals surface area contributed by atoms with Crippen molar-refractivity contribution in [1.82, 2.24) is 0 Å². The lowest BCUT2D eigenvalue weighted by atomic mass is 9.94. The highest BCUT2D eigenvalue weighted by atomic mass is 16.7. The summed E-state index contributed by atoms with van der Waals surface area (Å²) in [4.78, 5) is 11.5. The van der Waals surface area contributed by atoms with E-state index in [1.54, 1.807) is 13.0 Å². The fraction of sp³-hybridized carbons (Fsp3) is 0.615. The first-order chi connectivity index (χ1) is 7.55. The number of cyclic esters (lactones) is 1. The Kier molecular flexibility index (Phi) is 4.30. The minimum absolute atomic E-state index is 0.391. The summed E-state index contributed by atoms with van der Waals surface area (Å²) in [6, 6.07) is 0. The molecule has 1 heterocycles. The summed E-state index contributed by atoms with van der Waals surface area (Å²) < 4.78 is 5.08. The van der Waals surface area contributed by atoms with E-state index in [4.69, 9.17) is 4.74 Å². The van der Waals surface area contributed by atoms with Crippen molar-refractivity contribution in [3.05, 3.63) is 23.8 Å². The molecule has 3 nitrogen and oxygen atoms in total. The number of carbonyl (C=O) groups is 1. The fourth-order valence-corrected chi connectivity index (χ4v) is 1.96. The van der Waals surface area contributed by atoms with Crippen LogP contribution < -0.4 is 0 Å². The lowest BCUT2D eigenvalue weighted by Gasteiger charge is -2.24.